The molecule has 2 aromatic carbocycles. The van der Waals surface area contributed by atoms with E-state index in [1.54, 1.807) is 11.3 Å². The number of aliphatic hydroxyl groups is 1. The van der Waals surface area contributed by atoms with E-state index in [1.165, 1.54) is 25.9 Å². The summed E-state index contributed by atoms with van der Waals surface area (Å²) < 4.78 is 1.14. The van der Waals surface area contributed by atoms with E-state index in [9.17, 15) is 9.90 Å². The largest absolute Gasteiger partial charge is 0.392 e. The lowest BCUT2D eigenvalue weighted by Gasteiger charge is -2.44. The molecule has 3 saturated heterocycles. The predicted molar refractivity (Wildman–Crippen MR) is 114 cm³/mol. The number of aliphatic hydroxyl groups excluding tert-OH is 1. The van der Waals surface area contributed by atoms with Crippen molar-refractivity contribution in [3.8, 4) is 11.1 Å². The number of carbonyl (C=O) groups excluding carboxylic acids is 1. The second-order valence-corrected chi connectivity index (χ2v) is 8.96. The second kappa shape index (κ2) is 7.32. The van der Waals surface area contributed by atoms with Gasteiger partial charge in [0.05, 0.1) is 11.5 Å². The zero-order valence-corrected chi connectivity index (χ0v) is 16.5. The van der Waals surface area contributed by atoms with Crippen molar-refractivity contribution in [3.05, 3.63) is 59.0 Å². The van der Waals surface area contributed by atoms with Crippen molar-refractivity contribution in [1.82, 2.24) is 10.2 Å². The summed E-state index contributed by atoms with van der Waals surface area (Å²) in [5, 5.41) is 13.7. The molecule has 6 rings (SSSR count). The van der Waals surface area contributed by atoms with Crippen LogP contribution in [0.25, 0.3) is 21.2 Å². The molecule has 3 fully saturated rings. The van der Waals surface area contributed by atoms with Gasteiger partial charge in [-0.3, -0.25) is 4.79 Å². The van der Waals surface area contributed by atoms with Gasteiger partial charge < -0.3 is 15.3 Å². The van der Waals surface area contributed by atoms with Crippen molar-refractivity contribution >= 4 is 27.3 Å². The first kappa shape index (κ1) is 17.9. The average Bonchev–Trinajstić information content (AvgIpc) is 3.19. The van der Waals surface area contributed by atoms with Gasteiger partial charge in [-0.15, -0.1) is 11.3 Å². The van der Waals surface area contributed by atoms with Crippen LogP contribution in [0.2, 0.25) is 0 Å². The van der Waals surface area contributed by atoms with Crippen molar-refractivity contribution in [2.75, 3.05) is 19.6 Å². The summed E-state index contributed by atoms with van der Waals surface area (Å²) in [5.74, 6) is 0.686. The molecular formula is C23H24N2O2S. The lowest BCUT2D eigenvalue weighted by Crippen LogP contribution is -2.57. The fourth-order valence-corrected chi connectivity index (χ4v) is 5.66. The fourth-order valence-electron chi connectivity index (χ4n) is 4.56. The van der Waals surface area contributed by atoms with Crippen molar-refractivity contribution in [1.29, 1.82) is 0 Å². The maximum Gasteiger partial charge on any atom is 0.261 e. The molecule has 4 nitrogen and oxygen atoms in total. The third-order valence-corrected chi connectivity index (χ3v) is 7.37. The van der Waals surface area contributed by atoms with E-state index in [0.717, 1.165) is 38.2 Å². The highest BCUT2D eigenvalue weighted by Gasteiger charge is 2.35. The summed E-state index contributed by atoms with van der Waals surface area (Å²) in [6.07, 6.45) is 2.40. The number of carbonyl (C=O) groups is 1. The normalized spacial score (nSPS) is 23.8. The third-order valence-electron chi connectivity index (χ3n) is 6.19. The molecule has 0 unspecified atom stereocenters. The Morgan fingerprint density at radius 2 is 1.93 bits per heavy atom. The Morgan fingerprint density at radius 3 is 2.61 bits per heavy atom. The smallest absolute Gasteiger partial charge is 0.261 e. The van der Waals surface area contributed by atoms with E-state index < -0.39 is 0 Å². The van der Waals surface area contributed by atoms with Crippen LogP contribution in [0, 0.1) is 5.92 Å². The van der Waals surface area contributed by atoms with E-state index in [0.29, 0.717) is 5.92 Å². The molecule has 3 aliphatic heterocycles. The van der Waals surface area contributed by atoms with E-state index in [4.69, 9.17) is 0 Å². The van der Waals surface area contributed by atoms with Gasteiger partial charge in [-0.25, -0.2) is 0 Å². The number of amides is 1. The number of benzene rings is 2. The lowest BCUT2D eigenvalue weighted by molar-refractivity contribution is 0.0622. The summed E-state index contributed by atoms with van der Waals surface area (Å²) in [6.45, 7) is 3.40. The van der Waals surface area contributed by atoms with Crippen molar-refractivity contribution in [2.45, 2.75) is 25.5 Å². The second-order valence-electron chi connectivity index (χ2n) is 7.91. The van der Waals surface area contributed by atoms with E-state index in [2.05, 4.69) is 22.3 Å². The summed E-state index contributed by atoms with van der Waals surface area (Å²) in [7, 11) is 0. The van der Waals surface area contributed by atoms with E-state index in [-0.39, 0.29) is 18.6 Å². The van der Waals surface area contributed by atoms with Crippen LogP contribution < -0.4 is 5.32 Å². The maximum absolute atomic E-state index is 12.9. The lowest BCUT2D eigenvalue weighted by atomic mass is 9.84. The molecule has 3 aromatic rings. The van der Waals surface area contributed by atoms with Gasteiger partial charge in [-0.2, -0.15) is 0 Å². The molecule has 1 aromatic heterocycles. The number of nitrogens with zero attached hydrogens (tertiary/aromatic N) is 1. The number of thiophene rings is 1. The third kappa shape index (κ3) is 3.24. The molecule has 0 saturated carbocycles. The molecule has 1 amide bonds. The Bertz CT molecular complexity index is 1000. The van der Waals surface area contributed by atoms with Gasteiger partial charge >= 0.3 is 0 Å². The van der Waals surface area contributed by atoms with Crippen LogP contribution in [-0.2, 0) is 6.61 Å². The van der Waals surface area contributed by atoms with Gasteiger partial charge in [-0.05, 0) is 60.0 Å². The highest BCUT2D eigenvalue weighted by Crippen LogP contribution is 2.35. The minimum absolute atomic E-state index is 0.0490. The molecule has 0 aliphatic carbocycles. The highest BCUT2D eigenvalue weighted by molar-refractivity contribution is 7.21. The minimum Gasteiger partial charge on any atom is -0.392 e. The van der Waals surface area contributed by atoms with Crippen molar-refractivity contribution in [2.24, 2.45) is 5.92 Å². The molecular weight excluding hydrogens is 368 g/mol. The van der Waals surface area contributed by atoms with Gasteiger partial charge in [0.1, 0.15) is 0 Å². The van der Waals surface area contributed by atoms with E-state index >= 15 is 0 Å². The number of hydrogen-bond acceptors (Lipinski definition) is 4. The van der Waals surface area contributed by atoms with Gasteiger partial charge in [0.15, 0.2) is 0 Å². The zero-order valence-electron chi connectivity index (χ0n) is 15.7. The molecule has 144 valence electrons. The Hall–Kier alpha value is -2.21. The topological polar surface area (TPSA) is 52.6 Å². The maximum atomic E-state index is 12.9. The Labute approximate surface area is 168 Å². The fraction of sp³-hybridized carbons (Fsp3) is 0.348. The van der Waals surface area contributed by atoms with Crippen LogP contribution in [0.1, 0.15) is 28.1 Å². The molecule has 4 heterocycles. The van der Waals surface area contributed by atoms with Gasteiger partial charge in [0.25, 0.3) is 5.91 Å². The Balaban J connectivity index is 1.42. The number of rotatable bonds is 4. The van der Waals surface area contributed by atoms with Crippen LogP contribution in [0.3, 0.4) is 0 Å². The molecule has 2 bridgehead atoms. The van der Waals surface area contributed by atoms with Gasteiger partial charge in [0, 0.05) is 17.3 Å². The molecule has 28 heavy (non-hydrogen) atoms. The van der Waals surface area contributed by atoms with E-state index in [1.807, 2.05) is 36.4 Å². The molecule has 3 aliphatic rings. The van der Waals surface area contributed by atoms with Crippen LogP contribution in [0.5, 0.6) is 0 Å². The van der Waals surface area contributed by atoms with Crippen LogP contribution in [-0.4, -0.2) is 41.6 Å². The zero-order chi connectivity index (χ0) is 19.1. The van der Waals surface area contributed by atoms with Crippen molar-refractivity contribution in [3.63, 3.8) is 0 Å². The molecule has 2 N–H and O–H groups in total. The minimum atomic E-state index is 0.0490. The van der Waals surface area contributed by atoms with Gasteiger partial charge in [0.2, 0.25) is 0 Å². The summed E-state index contributed by atoms with van der Waals surface area (Å²) in [5.41, 5.74) is 3.14. The average molecular weight is 393 g/mol. The first-order chi connectivity index (χ1) is 13.7. The number of piperidine rings is 3. The quantitative estimate of drug-likeness (QED) is 0.708. The summed E-state index contributed by atoms with van der Waals surface area (Å²) in [6, 6.07) is 16.5. The van der Waals surface area contributed by atoms with Crippen LogP contribution in [0.15, 0.2) is 48.5 Å². The molecule has 1 atom stereocenters. The van der Waals surface area contributed by atoms with Crippen LogP contribution in [0.4, 0.5) is 0 Å². The first-order valence-corrected chi connectivity index (χ1v) is 10.8. The first-order valence-electron chi connectivity index (χ1n) is 9.97. The molecule has 5 heteroatoms. The number of nitrogens with one attached hydrogen (secondary N) is 1. The Kier molecular flexibility index (Phi) is 4.67. The van der Waals surface area contributed by atoms with Gasteiger partial charge in [-0.1, -0.05) is 42.5 Å². The SMILES string of the molecule is O=C(N[C@H]1CN2CCC1CC2)c1cc2cccc(-c3ccc(CO)cc3)c2s1. The monoisotopic (exact) mass is 392 g/mol. The molecule has 0 radical (unpaired) electrons. The standard InChI is InChI=1S/C23H24N2O2S/c26-14-15-4-6-16(7-5-15)19-3-1-2-18-12-21(28-22(18)19)23(27)24-20-13-25-10-8-17(20)9-11-25/h1-7,12,17,20,26H,8-11,13-14H2,(H,24,27)/t20-/m0/s1. The van der Waals surface area contributed by atoms with Crippen LogP contribution >= 0.6 is 11.3 Å². The number of fused-ring (bicyclic) bond motifs is 4. The predicted octanol–water partition coefficient (Wildman–Crippen LogP) is 3.88. The summed E-state index contributed by atoms with van der Waals surface area (Å²) >= 11 is 1.57. The van der Waals surface area contributed by atoms with Crippen molar-refractivity contribution < 1.29 is 9.90 Å². The molecule has 0 spiro atoms. The number of hydrogen-bond donors (Lipinski definition) is 2. The highest BCUT2D eigenvalue weighted by atomic mass is 32.1. The Morgan fingerprint density at radius 1 is 1.14 bits per heavy atom. The summed E-state index contributed by atoms with van der Waals surface area (Å²) in [4.78, 5) is 16.2.